The quantitative estimate of drug-likeness (QED) is 0.713. The molecule has 0 radical (unpaired) electrons. The molecule has 0 aliphatic heterocycles. The van der Waals surface area contributed by atoms with E-state index < -0.39 is 11.7 Å². The molecule has 26 heavy (non-hydrogen) atoms. The van der Waals surface area contributed by atoms with Crippen molar-refractivity contribution < 1.29 is 14.3 Å². The molecule has 0 fully saturated rings. The molecule has 0 unspecified atom stereocenters. The van der Waals surface area contributed by atoms with Crippen molar-refractivity contribution in [3.05, 3.63) is 22.3 Å². The van der Waals surface area contributed by atoms with Gasteiger partial charge in [0.15, 0.2) is 0 Å². The van der Waals surface area contributed by atoms with Crippen LogP contribution in [-0.2, 0) is 9.53 Å². The summed E-state index contributed by atoms with van der Waals surface area (Å²) >= 11 is 3.44. The van der Waals surface area contributed by atoms with E-state index >= 15 is 0 Å². The first-order valence-corrected chi connectivity index (χ1v) is 9.27. The van der Waals surface area contributed by atoms with E-state index in [1.807, 2.05) is 54.5 Å². The Morgan fingerprint density at radius 3 is 2.38 bits per heavy atom. The third-order valence-electron chi connectivity index (χ3n) is 3.46. The van der Waals surface area contributed by atoms with Gasteiger partial charge in [-0.3, -0.25) is 4.79 Å². The molecule has 0 saturated heterocycles. The number of hydrogen-bond donors (Lipinski definition) is 1. The molecular formula is C19H26BrN3O3. The van der Waals surface area contributed by atoms with Gasteiger partial charge >= 0.3 is 6.09 Å². The summed E-state index contributed by atoms with van der Waals surface area (Å²) in [4.78, 5) is 29.2. The Morgan fingerprint density at radius 1 is 1.23 bits per heavy atom. The standard InChI is InChI=1S/C19H26BrN3O3/c1-11-8-13-15(22-16(11)21-14(24)9-18(2,3)4)12(20)10-23(13)17(25)26-19(5,6)7/h8,10H,9H2,1-7H3,(H,21,22,24). The second kappa shape index (κ2) is 7.02. The average Bonchev–Trinajstić information content (AvgIpc) is 2.72. The van der Waals surface area contributed by atoms with Gasteiger partial charge in [0.2, 0.25) is 5.91 Å². The second-order valence-electron chi connectivity index (χ2n) is 8.63. The smallest absolute Gasteiger partial charge is 0.419 e. The zero-order valence-corrected chi connectivity index (χ0v) is 17.9. The maximum Gasteiger partial charge on any atom is 0.419 e. The van der Waals surface area contributed by atoms with Crippen LogP contribution in [0.4, 0.5) is 10.6 Å². The number of aryl methyl sites for hydroxylation is 1. The molecular weight excluding hydrogens is 398 g/mol. The summed E-state index contributed by atoms with van der Waals surface area (Å²) in [5.74, 6) is 0.407. The Labute approximate surface area is 162 Å². The second-order valence-corrected chi connectivity index (χ2v) is 9.49. The minimum Gasteiger partial charge on any atom is -0.443 e. The number of ether oxygens (including phenoxy) is 1. The van der Waals surface area contributed by atoms with Crippen molar-refractivity contribution >= 4 is 44.8 Å². The lowest BCUT2D eigenvalue weighted by Gasteiger charge is -2.20. The van der Waals surface area contributed by atoms with Crippen molar-refractivity contribution in [1.29, 1.82) is 0 Å². The Morgan fingerprint density at radius 2 is 1.85 bits per heavy atom. The molecule has 2 rings (SSSR count). The molecule has 7 heteroatoms. The summed E-state index contributed by atoms with van der Waals surface area (Å²) in [6.45, 7) is 13.3. The van der Waals surface area contributed by atoms with Gasteiger partial charge in [0, 0.05) is 12.6 Å². The van der Waals surface area contributed by atoms with Crippen LogP contribution >= 0.6 is 15.9 Å². The van der Waals surface area contributed by atoms with Gasteiger partial charge in [-0.1, -0.05) is 20.8 Å². The summed E-state index contributed by atoms with van der Waals surface area (Å²) in [7, 11) is 0. The minimum absolute atomic E-state index is 0.0878. The van der Waals surface area contributed by atoms with Gasteiger partial charge in [0.25, 0.3) is 0 Å². The number of nitrogens with zero attached hydrogens (tertiary/aromatic N) is 2. The van der Waals surface area contributed by atoms with Crippen molar-refractivity contribution in [2.45, 2.75) is 60.5 Å². The van der Waals surface area contributed by atoms with Crippen LogP contribution in [-0.4, -0.2) is 27.2 Å². The van der Waals surface area contributed by atoms with Crippen LogP contribution in [0.5, 0.6) is 0 Å². The highest BCUT2D eigenvalue weighted by Gasteiger charge is 2.22. The molecule has 1 N–H and O–H groups in total. The van der Waals surface area contributed by atoms with Gasteiger partial charge in [-0.15, -0.1) is 0 Å². The molecule has 2 aromatic heterocycles. The first kappa shape index (κ1) is 20.4. The first-order chi connectivity index (χ1) is 11.8. The number of halogens is 1. The van der Waals surface area contributed by atoms with Crippen molar-refractivity contribution in [3.63, 3.8) is 0 Å². The third kappa shape index (κ3) is 5.06. The lowest BCUT2D eigenvalue weighted by Crippen LogP contribution is -2.26. The molecule has 0 aliphatic carbocycles. The van der Waals surface area contributed by atoms with Crippen LogP contribution in [0.2, 0.25) is 0 Å². The number of fused-ring (bicyclic) bond motifs is 1. The molecule has 2 aromatic rings. The number of amides is 1. The fourth-order valence-electron chi connectivity index (χ4n) is 2.45. The van der Waals surface area contributed by atoms with E-state index in [0.29, 0.717) is 27.7 Å². The van der Waals surface area contributed by atoms with Crippen LogP contribution in [0.1, 0.15) is 53.5 Å². The highest BCUT2D eigenvalue weighted by Crippen LogP contribution is 2.29. The van der Waals surface area contributed by atoms with Crippen LogP contribution in [0.15, 0.2) is 16.7 Å². The van der Waals surface area contributed by atoms with Crippen LogP contribution in [0.25, 0.3) is 11.0 Å². The Hall–Kier alpha value is -1.89. The Kier molecular flexibility index (Phi) is 5.52. The lowest BCUT2D eigenvalue weighted by molar-refractivity contribution is -0.117. The molecule has 6 nitrogen and oxygen atoms in total. The van der Waals surface area contributed by atoms with Gasteiger partial charge in [-0.25, -0.2) is 14.3 Å². The summed E-state index contributed by atoms with van der Waals surface area (Å²) in [5.41, 5.74) is 1.28. The van der Waals surface area contributed by atoms with Gasteiger partial charge < -0.3 is 10.1 Å². The Balaban J connectivity index is 2.38. The van der Waals surface area contributed by atoms with Crippen LogP contribution < -0.4 is 5.32 Å². The van der Waals surface area contributed by atoms with E-state index in [4.69, 9.17) is 4.74 Å². The van der Waals surface area contributed by atoms with E-state index in [0.717, 1.165) is 5.56 Å². The minimum atomic E-state index is -0.594. The molecule has 0 spiro atoms. The van der Waals surface area contributed by atoms with E-state index in [1.54, 1.807) is 6.20 Å². The summed E-state index contributed by atoms with van der Waals surface area (Å²) < 4.78 is 7.52. The zero-order chi connectivity index (χ0) is 19.9. The van der Waals surface area contributed by atoms with Crippen molar-refractivity contribution in [1.82, 2.24) is 9.55 Å². The highest BCUT2D eigenvalue weighted by molar-refractivity contribution is 9.10. The Bertz CT molecular complexity index is 858. The number of aromatic nitrogens is 2. The number of nitrogens with one attached hydrogen (secondary N) is 1. The normalized spacial score (nSPS) is 12.3. The van der Waals surface area contributed by atoms with Crippen LogP contribution in [0, 0.1) is 12.3 Å². The van der Waals surface area contributed by atoms with Gasteiger partial charge in [0.1, 0.15) is 16.9 Å². The van der Waals surface area contributed by atoms with E-state index in [9.17, 15) is 9.59 Å². The highest BCUT2D eigenvalue weighted by atomic mass is 79.9. The molecule has 1 amide bonds. The molecule has 0 aromatic carbocycles. The molecule has 0 bridgehead atoms. The molecule has 142 valence electrons. The van der Waals surface area contributed by atoms with E-state index in [-0.39, 0.29) is 11.3 Å². The summed E-state index contributed by atoms with van der Waals surface area (Å²) in [6, 6.07) is 1.82. The van der Waals surface area contributed by atoms with Crippen molar-refractivity contribution in [2.75, 3.05) is 5.32 Å². The predicted molar refractivity (Wildman–Crippen MR) is 107 cm³/mol. The monoisotopic (exact) mass is 423 g/mol. The fourth-order valence-corrected chi connectivity index (χ4v) is 2.95. The zero-order valence-electron chi connectivity index (χ0n) is 16.4. The maximum atomic E-state index is 12.4. The average molecular weight is 424 g/mol. The molecule has 0 atom stereocenters. The van der Waals surface area contributed by atoms with Gasteiger partial charge in [0.05, 0.1) is 9.99 Å². The number of carbonyl (C=O) groups is 2. The molecule has 0 aliphatic rings. The number of carbonyl (C=O) groups excluding carboxylic acids is 2. The predicted octanol–water partition coefficient (Wildman–Crippen LogP) is 5.27. The summed E-state index contributed by atoms with van der Waals surface area (Å²) in [5, 5.41) is 2.87. The van der Waals surface area contributed by atoms with E-state index in [2.05, 4.69) is 26.2 Å². The lowest BCUT2D eigenvalue weighted by atomic mass is 9.92. The first-order valence-electron chi connectivity index (χ1n) is 8.48. The summed E-state index contributed by atoms with van der Waals surface area (Å²) in [6.07, 6.45) is 1.55. The third-order valence-corrected chi connectivity index (χ3v) is 4.04. The number of anilines is 1. The van der Waals surface area contributed by atoms with E-state index in [1.165, 1.54) is 4.57 Å². The van der Waals surface area contributed by atoms with Crippen LogP contribution in [0.3, 0.4) is 0 Å². The SMILES string of the molecule is Cc1cc2c(nc1NC(=O)CC(C)(C)C)c(Br)cn2C(=O)OC(C)(C)C. The van der Waals surface area contributed by atoms with Crippen molar-refractivity contribution in [3.8, 4) is 0 Å². The largest absolute Gasteiger partial charge is 0.443 e. The topological polar surface area (TPSA) is 73.2 Å². The maximum absolute atomic E-state index is 12.4. The number of rotatable bonds is 2. The van der Waals surface area contributed by atoms with Gasteiger partial charge in [-0.2, -0.15) is 0 Å². The molecule has 2 heterocycles. The van der Waals surface area contributed by atoms with Gasteiger partial charge in [-0.05, 0) is 60.7 Å². The van der Waals surface area contributed by atoms with Crippen molar-refractivity contribution in [2.24, 2.45) is 5.41 Å². The fraction of sp³-hybridized carbons (Fsp3) is 0.526. The number of pyridine rings is 1. The number of hydrogen-bond acceptors (Lipinski definition) is 4. The molecule has 0 saturated carbocycles.